The number of rotatable bonds is 4. The van der Waals surface area contributed by atoms with E-state index in [4.69, 9.17) is 15.3 Å². The molecule has 0 saturated heterocycles. The van der Waals surface area contributed by atoms with Crippen LogP contribution in [0.2, 0.25) is 0 Å². The topological polar surface area (TPSA) is 89.8 Å². The van der Waals surface area contributed by atoms with Crippen LogP contribution in [0.1, 0.15) is 6.42 Å². The van der Waals surface area contributed by atoms with Crippen LogP contribution in [0, 0.1) is 0 Å². The summed E-state index contributed by atoms with van der Waals surface area (Å²) in [6.07, 6.45) is 0.709. The molecule has 0 heterocycles. The molecule has 0 saturated carbocycles. The zero-order chi connectivity index (χ0) is 8.91. The van der Waals surface area contributed by atoms with E-state index >= 15 is 0 Å². The van der Waals surface area contributed by atoms with Crippen LogP contribution in [0.3, 0.4) is 0 Å². The van der Waals surface area contributed by atoms with E-state index in [-0.39, 0.29) is 13.0 Å². The standard InChI is InChI=1S/C6H11NO4/c1-2-5(8)7-4-3-6(9,10)11/h2,9-11H,1,3-4H2,(H,7,8). The lowest BCUT2D eigenvalue weighted by atomic mass is 10.3. The van der Waals surface area contributed by atoms with Gasteiger partial charge in [-0.3, -0.25) is 4.79 Å². The molecule has 0 atom stereocenters. The molecule has 0 fully saturated rings. The fourth-order valence-corrected chi connectivity index (χ4v) is 0.426. The van der Waals surface area contributed by atoms with Gasteiger partial charge in [-0.25, -0.2) is 0 Å². The van der Waals surface area contributed by atoms with Crippen molar-refractivity contribution in [3.8, 4) is 0 Å². The molecule has 0 aliphatic heterocycles. The van der Waals surface area contributed by atoms with E-state index in [0.29, 0.717) is 0 Å². The third-order valence-corrected chi connectivity index (χ3v) is 0.945. The average Bonchev–Trinajstić information content (AvgIpc) is 1.85. The second-order valence-corrected chi connectivity index (χ2v) is 2.02. The molecule has 0 aliphatic carbocycles. The Morgan fingerprint density at radius 1 is 1.55 bits per heavy atom. The Labute approximate surface area is 64.0 Å². The number of aliphatic hydroxyl groups is 3. The molecule has 0 aromatic carbocycles. The lowest BCUT2D eigenvalue weighted by Crippen LogP contribution is -2.33. The molecule has 11 heavy (non-hydrogen) atoms. The van der Waals surface area contributed by atoms with Crippen molar-refractivity contribution in [1.29, 1.82) is 0 Å². The lowest BCUT2D eigenvalue weighted by Gasteiger charge is -2.13. The summed E-state index contributed by atoms with van der Waals surface area (Å²) >= 11 is 0. The minimum absolute atomic E-state index is 0.0195. The fraction of sp³-hybridized carbons (Fsp3) is 0.500. The van der Waals surface area contributed by atoms with E-state index in [1.807, 2.05) is 0 Å². The van der Waals surface area contributed by atoms with Gasteiger partial charge in [-0.05, 0) is 6.08 Å². The largest absolute Gasteiger partial charge is 0.352 e. The molecule has 5 nitrogen and oxygen atoms in total. The summed E-state index contributed by atoms with van der Waals surface area (Å²) < 4.78 is 0. The summed E-state index contributed by atoms with van der Waals surface area (Å²) in [5, 5.41) is 27.3. The Morgan fingerprint density at radius 2 is 2.09 bits per heavy atom. The van der Waals surface area contributed by atoms with E-state index in [0.717, 1.165) is 6.08 Å². The quantitative estimate of drug-likeness (QED) is 0.292. The Balaban J connectivity index is 3.42. The van der Waals surface area contributed by atoms with Crippen molar-refractivity contribution in [2.45, 2.75) is 12.4 Å². The number of amides is 1. The molecule has 4 N–H and O–H groups in total. The van der Waals surface area contributed by atoms with Gasteiger partial charge >= 0.3 is 0 Å². The number of hydrogen-bond donors (Lipinski definition) is 4. The summed E-state index contributed by atoms with van der Waals surface area (Å²) in [6, 6.07) is 0. The van der Waals surface area contributed by atoms with E-state index in [9.17, 15) is 4.79 Å². The maximum Gasteiger partial charge on any atom is 0.277 e. The molecular formula is C6H11NO4. The van der Waals surface area contributed by atoms with Gasteiger partial charge in [0.05, 0.1) is 0 Å². The van der Waals surface area contributed by atoms with Crippen LogP contribution < -0.4 is 5.32 Å². The smallest absolute Gasteiger partial charge is 0.277 e. The SMILES string of the molecule is C=CC(=O)NCCC(O)(O)O. The summed E-state index contributed by atoms with van der Waals surface area (Å²) in [7, 11) is 0. The van der Waals surface area contributed by atoms with Gasteiger partial charge in [-0.15, -0.1) is 0 Å². The number of carbonyl (C=O) groups is 1. The van der Waals surface area contributed by atoms with Crippen LogP contribution >= 0.6 is 0 Å². The first-order valence-corrected chi connectivity index (χ1v) is 3.03. The molecule has 0 unspecified atom stereocenters. The maximum atomic E-state index is 10.4. The minimum atomic E-state index is -2.71. The van der Waals surface area contributed by atoms with Crippen molar-refractivity contribution in [2.24, 2.45) is 0 Å². The van der Waals surface area contributed by atoms with Crippen molar-refractivity contribution in [3.63, 3.8) is 0 Å². The van der Waals surface area contributed by atoms with Gasteiger partial charge in [0, 0.05) is 13.0 Å². The molecule has 64 valence electrons. The summed E-state index contributed by atoms with van der Waals surface area (Å²) in [5.41, 5.74) is 0. The van der Waals surface area contributed by atoms with E-state index in [2.05, 4.69) is 11.9 Å². The van der Waals surface area contributed by atoms with E-state index in [1.54, 1.807) is 0 Å². The van der Waals surface area contributed by atoms with Crippen LogP contribution in [0.15, 0.2) is 12.7 Å². The molecule has 0 aromatic rings. The van der Waals surface area contributed by atoms with E-state index < -0.39 is 11.9 Å². The molecule has 5 heteroatoms. The number of nitrogens with one attached hydrogen (secondary N) is 1. The predicted octanol–water partition coefficient (Wildman–Crippen LogP) is -1.69. The van der Waals surface area contributed by atoms with Gasteiger partial charge in [0.25, 0.3) is 5.97 Å². The first-order valence-electron chi connectivity index (χ1n) is 3.03. The zero-order valence-corrected chi connectivity index (χ0v) is 5.95. The third-order valence-electron chi connectivity index (χ3n) is 0.945. The van der Waals surface area contributed by atoms with E-state index in [1.165, 1.54) is 0 Å². The van der Waals surface area contributed by atoms with Gasteiger partial charge in [0.15, 0.2) is 0 Å². The average molecular weight is 161 g/mol. The Morgan fingerprint density at radius 3 is 2.45 bits per heavy atom. The Kier molecular flexibility index (Phi) is 3.73. The number of carbonyl (C=O) groups excluding carboxylic acids is 1. The zero-order valence-electron chi connectivity index (χ0n) is 5.95. The van der Waals surface area contributed by atoms with Gasteiger partial charge in [-0.1, -0.05) is 6.58 Å². The van der Waals surface area contributed by atoms with Crippen LogP contribution in [-0.4, -0.2) is 33.7 Å². The van der Waals surface area contributed by atoms with Crippen molar-refractivity contribution in [3.05, 3.63) is 12.7 Å². The third kappa shape index (κ3) is 6.98. The molecule has 0 bridgehead atoms. The van der Waals surface area contributed by atoms with Gasteiger partial charge in [0.1, 0.15) is 0 Å². The maximum absolute atomic E-state index is 10.4. The Hall–Kier alpha value is -0.910. The van der Waals surface area contributed by atoms with Crippen molar-refractivity contribution < 1.29 is 20.1 Å². The first-order chi connectivity index (χ1) is 4.95. The first kappa shape index (κ1) is 10.1. The monoisotopic (exact) mass is 161 g/mol. The van der Waals surface area contributed by atoms with Gasteiger partial charge in [0.2, 0.25) is 5.91 Å². The van der Waals surface area contributed by atoms with Crippen LogP contribution in [0.5, 0.6) is 0 Å². The summed E-state index contributed by atoms with van der Waals surface area (Å²) in [6.45, 7) is 3.16. The van der Waals surface area contributed by atoms with Crippen LogP contribution in [0.25, 0.3) is 0 Å². The second-order valence-electron chi connectivity index (χ2n) is 2.02. The van der Waals surface area contributed by atoms with Crippen molar-refractivity contribution >= 4 is 5.91 Å². The molecule has 0 rings (SSSR count). The normalized spacial score (nSPS) is 10.8. The van der Waals surface area contributed by atoms with Gasteiger partial charge in [-0.2, -0.15) is 0 Å². The molecule has 0 spiro atoms. The number of hydrogen-bond acceptors (Lipinski definition) is 4. The lowest BCUT2D eigenvalue weighted by molar-refractivity contribution is -0.313. The van der Waals surface area contributed by atoms with Crippen molar-refractivity contribution in [1.82, 2.24) is 5.32 Å². The van der Waals surface area contributed by atoms with Crippen molar-refractivity contribution in [2.75, 3.05) is 6.54 Å². The predicted molar refractivity (Wildman–Crippen MR) is 37.2 cm³/mol. The van der Waals surface area contributed by atoms with Crippen LogP contribution in [-0.2, 0) is 4.79 Å². The highest BCUT2D eigenvalue weighted by molar-refractivity contribution is 5.86. The highest BCUT2D eigenvalue weighted by atomic mass is 16.7. The molecule has 0 radical (unpaired) electrons. The minimum Gasteiger partial charge on any atom is -0.352 e. The Bertz CT molecular complexity index is 149. The second kappa shape index (κ2) is 4.07. The van der Waals surface area contributed by atoms with Crippen LogP contribution in [0.4, 0.5) is 0 Å². The molecule has 0 aliphatic rings. The molecule has 1 amide bonds. The fourth-order valence-electron chi connectivity index (χ4n) is 0.426. The van der Waals surface area contributed by atoms with Gasteiger partial charge < -0.3 is 20.6 Å². The highest BCUT2D eigenvalue weighted by Crippen LogP contribution is 1.96. The summed E-state index contributed by atoms with van der Waals surface area (Å²) in [5.74, 6) is -3.14. The molecule has 0 aromatic heterocycles. The molecular weight excluding hydrogens is 150 g/mol. The summed E-state index contributed by atoms with van der Waals surface area (Å²) in [4.78, 5) is 10.4. The highest BCUT2D eigenvalue weighted by Gasteiger charge is 2.16.